The number of Topliss-reactive ketones (excluding diaryl/α,β-unsaturated/α-hetero) is 1. The number of carbonyl (C=O) groups excluding carboxylic acids is 2. The number of ketones is 1. The lowest BCUT2D eigenvalue weighted by Gasteiger charge is -2.55. The Morgan fingerprint density at radius 3 is 2.23 bits per heavy atom. The monoisotopic (exact) mass is 422 g/mol. The molecule has 0 atom stereocenters. The number of hydrogen-bond donors (Lipinski definition) is 0. The van der Waals surface area contributed by atoms with Gasteiger partial charge in [0.25, 0.3) is 5.56 Å². The molecule has 2 aromatic rings. The SMILES string of the molecule is CC(C)Cn1nc(C(=O)OCC(=O)C23CC4CC(CC(C4)C2)C3)c2ccccc2c1=O. The molecule has 4 saturated carbocycles. The van der Waals surface area contributed by atoms with Gasteiger partial charge in [0, 0.05) is 17.3 Å². The maximum Gasteiger partial charge on any atom is 0.359 e. The van der Waals surface area contributed by atoms with Crippen LogP contribution < -0.4 is 5.56 Å². The van der Waals surface area contributed by atoms with Crippen molar-refractivity contribution in [2.24, 2.45) is 29.1 Å². The minimum absolute atomic E-state index is 0.0692. The highest BCUT2D eigenvalue weighted by atomic mass is 16.5. The van der Waals surface area contributed by atoms with Crippen LogP contribution in [0.1, 0.15) is 62.9 Å². The topological polar surface area (TPSA) is 78.3 Å². The van der Waals surface area contributed by atoms with Gasteiger partial charge in [0.15, 0.2) is 18.1 Å². The summed E-state index contributed by atoms with van der Waals surface area (Å²) in [5, 5.41) is 5.24. The van der Waals surface area contributed by atoms with Crippen LogP contribution in [0, 0.1) is 29.1 Å². The first-order valence-electron chi connectivity index (χ1n) is 11.5. The minimum atomic E-state index is -0.633. The van der Waals surface area contributed by atoms with Gasteiger partial charge in [-0.1, -0.05) is 32.0 Å². The van der Waals surface area contributed by atoms with Gasteiger partial charge in [-0.2, -0.15) is 5.10 Å². The number of rotatable bonds is 6. The summed E-state index contributed by atoms with van der Waals surface area (Å²) in [6.07, 6.45) is 6.65. The molecule has 1 heterocycles. The van der Waals surface area contributed by atoms with Crippen molar-refractivity contribution >= 4 is 22.5 Å². The Labute approximate surface area is 182 Å². The highest BCUT2D eigenvalue weighted by Crippen LogP contribution is 2.60. The molecular weight excluding hydrogens is 392 g/mol. The van der Waals surface area contributed by atoms with Crippen molar-refractivity contribution in [3.63, 3.8) is 0 Å². The van der Waals surface area contributed by atoms with Crippen LogP contribution >= 0.6 is 0 Å². The van der Waals surface area contributed by atoms with Crippen molar-refractivity contribution in [2.45, 2.75) is 58.9 Å². The molecule has 0 spiro atoms. The van der Waals surface area contributed by atoms with Gasteiger partial charge in [-0.25, -0.2) is 9.48 Å². The van der Waals surface area contributed by atoms with Gasteiger partial charge in [-0.05, 0) is 68.3 Å². The summed E-state index contributed by atoms with van der Waals surface area (Å²) in [5.74, 6) is 1.63. The van der Waals surface area contributed by atoms with Gasteiger partial charge in [-0.15, -0.1) is 0 Å². The number of esters is 1. The van der Waals surface area contributed by atoms with E-state index in [-0.39, 0.29) is 35.0 Å². The number of nitrogens with zero attached hydrogens (tertiary/aromatic N) is 2. The van der Waals surface area contributed by atoms with Gasteiger partial charge < -0.3 is 4.74 Å². The fraction of sp³-hybridized carbons (Fsp3) is 0.600. The molecule has 1 aromatic carbocycles. The van der Waals surface area contributed by atoms with E-state index in [4.69, 9.17) is 4.74 Å². The fourth-order valence-electron chi connectivity index (χ4n) is 6.66. The van der Waals surface area contributed by atoms with E-state index in [2.05, 4.69) is 5.10 Å². The normalized spacial score (nSPS) is 28.9. The van der Waals surface area contributed by atoms with Crippen LogP contribution in [-0.4, -0.2) is 28.1 Å². The summed E-state index contributed by atoms with van der Waals surface area (Å²) in [5.41, 5.74) is -0.402. The van der Waals surface area contributed by atoms with Crippen LogP contribution in [0.15, 0.2) is 29.1 Å². The molecule has 0 N–H and O–H groups in total. The Morgan fingerprint density at radius 1 is 1.06 bits per heavy atom. The first-order valence-corrected chi connectivity index (χ1v) is 11.5. The van der Waals surface area contributed by atoms with E-state index in [1.165, 1.54) is 23.9 Å². The molecule has 164 valence electrons. The van der Waals surface area contributed by atoms with Crippen LogP contribution in [0.3, 0.4) is 0 Å². The van der Waals surface area contributed by atoms with Crippen molar-refractivity contribution in [1.82, 2.24) is 9.78 Å². The first kappa shape index (κ1) is 20.4. The lowest BCUT2D eigenvalue weighted by molar-refractivity contribution is -0.147. The second kappa shape index (κ2) is 7.57. The highest BCUT2D eigenvalue weighted by molar-refractivity contribution is 6.02. The number of benzene rings is 1. The average Bonchev–Trinajstić information content (AvgIpc) is 2.72. The third-order valence-electron chi connectivity index (χ3n) is 7.56. The molecule has 4 aliphatic carbocycles. The van der Waals surface area contributed by atoms with Gasteiger partial charge in [0.05, 0.1) is 5.39 Å². The molecule has 6 heteroatoms. The maximum absolute atomic E-state index is 13.2. The van der Waals surface area contributed by atoms with E-state index in [9.17, 15) is 14.4 Å². The highest BCUT2D eigenvalue weighted by Gasteiger charge is 2.54. The molecule has 6 nitrogen and oxygen atoms in total. The Balaban J connectivity index is 1.38. The number of aromatic nitrogens is 2. The van der Waals surface area contributed by atoms with Crippen molar-refractivity contribution in [1.29, 1.82) is 0 Å². The Morgan fingerprint density at radius 2 is 1.65 bits per heavy atom. The standard InChI is InChI=1S/C25H30N2O4/c1-15(2)13-27-23(29)20-6-4-3-5-19(20)22(26-27)24(30)31-14-21(28)25-10-16-7-17(11-25)9-18(8-16)12-25/h3-6,15-18H,7-14H2,1-2H3. The Kier molecular flexibility index (Phi) is 4.98. The van der Waals surface area contributed by atoms with E-state index in [1.54, 1.807) is 24.3 Å². The van der Waals surface area contributed by atoms with Crippen molar-refractivity contribution < 1.29 is 14.3 Å². The zero-order valence-corrected chi connectivity index (χ0v) is 18.3. The van der Waals surface area contributed by atoms with E-state index in [0.717, 1.165) is 19.3 Å². The third kappa shape index (κ3) is 3.60. The van der Waals surface area contributed by atoms with E-state index < -0.39 is 5.97 Å². The summed E-state index contributed by atoms with van der Waals surface area (Å²) in [4.78, 5) is 39.0. The lowest BCUT2D eigenvalue weighted by Crippen LogP contribution is -2.51. The van der Waals surface area contributed by atoms with Crippen molar-refractivity contribution in [3.8, 4) is 0 Å². The van der Waals surface area contributed by atoms with Crippen LogP contribution in [0.5, 0.6) is 0 Å². The van der Waals surface area contributed by atoms with Crippen molar-refractivity contribution in [2.75, 3.05) is 6.61 Å². The van der Waals surface area contributed by atoms with Crippen LogP contribution in [0.4, 0.5) is 0 Å². The molecule has 0 amide bonds. The number of ether oxygens (including phenoxy) is 1. The molecule has 0 saturated heterocycles. The quantitative estimate of drug-likeness (QED) is 0.658. The van der Waals surface area contributed by atoms with Gasteiger partial charge >= 0.3 is 5.97 Å². The molecule has 0 radical (unpaired) electrons. The predicted octanol–water partition coefficient (Wildman–Crippen LogP) is 3.99. The van der Waals surface area contributed by atoms with Crippen LogP contribution in [0.25, 0.3) is 10.8 Å². The molecule has 1 aromatic heterocycles. The number of hydrogen-bond acceptors (Lipinski definition) is 5. The van der Waals surface area contributed by atoms with E-state index >= 15 is 0 Å². The largest absolute Gasteiger partial charge is 0.453 e. The second-order valence-electron chi connectivity index (χ2n) is 10.5. The molecule has 4 fully saturated rings. The predicted molar refractivity (Wildman–Crippen MR) is 117 cm³/mol. The van der Waals surface area contributed by atoms with Crippen LogP contribution in [0.2, 0.25) is 0 Å². The molecule has 4 aliphatic rings. The zero-order chi connectivity index (χ0) is 21.8. The zero-order valence-electron chi connectivity index (χ0n) is 18.3. The van der Waals surface area contributed by atoms with Gasteiger partial charge in [0.1, 0.15) is 0 Å². The third-order valence-corrected chi connectivity index (χ3v) is 7.56. The Bertz CT molecular complexity index is 1070. The summed E-state index contributed by atoms with van der Waals surface area (Å²) < 4.78 is 6.86. The minimum Gasteiger partial charge on any atom is -0.453 e. The average molecular weight is 423 g/mol. The summed E-state index contributed by atoms with van der Waals surface area (Å²) in [7, 11) is 0. The summed E-state index contributed by atoms with van der Waals surface area (Å²) in [6.45, 7) is 4.19. The molecule has 0 aliphatic heterocycles. The van der Waals surface area contributed by atoms with E-state index in [0.29, 0.717) is 35.1 Å². The second-order valence-corrected chi connectivity index (χ2v) is 10.5. The maximum atomic E-state index is 13.2. The number of fused-ring (bicyclic) bond motifs is 1. The summed E-state index contributed by atoms with van der Waals surface area (Å²) in [6, 6.07) is 6.96. The summed E-state index contributed by atoms with van der Waals surface area (Å²) >= 11 is 0. The van der Waals surface area contributed by atoms with Gasteiger partial charge in [-0.3, -0.25) is 9.59 Å². The van der Waals surface area contributed by atoms with Gasteiger partial charge in [0.2, 0.25) is 0 Å². The fourth-order valence-corrected chi connectivity index (χ4v) is 6.66. The molecule has 0 unspecified atom stereocenters. The molecule has 6 rings (SSSR count). The lowest BCUT2D eigenvalue weighted by atomic mass is 9.48. The molecular formula is C25H30N2O4. The van der Waals surface area contributed by atoms with E-state index in [1.807, 2.05) is 13.8 Å². The molecule has 31 heavy (non-hydrogen) atoms. The Hall–Kier alpha value is -2.50. The smallest absolute Gasteiger partial charge is 0.359 e. The van der Waals surface area contributed by atoms with Crippen molar-refractivity contribution in [3.05, 3.63) is 40.3 Å². The number of carbonyl (C=O) groups is 2. The van der Waals surface area contributed by atoms with Crippen LogP contribution in [-0.2, 0) is 16.1 Å². The first-order chi connectivity index (χ1) is 14.8. The molecule has 4 bridgehead atoms.